The normalized spacial score (nSPS) is 11.5. The lowest BCUT2D eigenvalue weighted by Crippen LogP contribution is -2.25. The molecule has 0 saturated heterocycles. The van der Waals surface area contributed by atoms with Gasteiger partial charge in [-0.3, -0.25) is 9.78 Å². The van der Waals surface area contributed by atoms with E-state index in [4.69, 9.17) is 4.74 Å². The van der Waals surface area contributed by atoms with Crippen molar-refractivity contribution >= 4 is 10.8 Å². The van der Waals surface area contributed by atoms with E-state index < -0.39 is 6.36 Å². The maximum Gasteiger partial charge on any atom is 0.573 e. The fourth-order valence-corrected chi connectivity index (χ4v) is 2.96. The van der Waals surface area contributed by atoms with Crippen LogP contribution in [0.5, 0.6) is 11.6 Å². The average molecular weight is 428 g/mol. The fourth-order valence-electron chi connectivity index (χ4n) is 2.96. The summed E-state index contributed by atoms with van der Waals surface area (Å²) in [7, 11) is 0. The zero-order valence-electron chi connectivity index (χ0n) is 15.9. The van der Waals surface area contributed by atoms with Gasteiger partial charge in [-0.1, -0.05) is 24.3 Å². The molecule has 0 atom stereocenters. The largest absolute Gasteiger partial charge is 0.573 e. The molecule has 0 N–H and O–H groups in total. The third-order valence-corrected chi connectivity index (χ3v) is 4.37. The predicted octanol–water partition coefficient (Wildman–Crippen LogP) is 3.83. The number of benzene rings is 2. The zero-order valence-corrected chi connectivity index (χ0v) is 15.9. The number of hydrogen-bond acceptors (Lipinski definition) is 6. The number of rotatable bonds is 6. The van der Waals surface area contributed by atoms with Crippen LogP contribution in [0, 0.1) is 0 Å². The first-order valence-electron chi connectivity index (χ1n) is 9.14. The van der Waals surface area contributed by atoms with Gasteiger partial charge in [0.05, 0.1) is 24.3 Å². The van der Waals surface area contributed by atoms with E-state index in [2.05, 4.69) is 19.8 Å². The number of aromatic nitrogens is 4. The molecule has 4 aromatic rings. The number of halogens is 3. The minimum Gasteiger partial charge on any atom is -0.475 e. The van der Waals surface area contributed by atoms with Crippen molar-refractivity contribution in [3.8, 4) is 22.8 Å². The molecule has 0 radical (unpaired) electrons. The molecule has 10 heteroatoms. The first-order chi connectivity index (χ1) is 14.9. The summed E-state index contributed by atoms with van der Waals surface area (Å²) in [4.78, 5) is 20.7. The van der Waals surface area contributed by atoms with E-state index in [0.717, 1.165) is 0 Å². The second-order valence-electron chi connectivity index (χ2n) is 6.44. The number of ether oxygens (including phenoxy) is 2. The third kappa shape index (κ3) is 4.97. The van der Waals surface area contributed by atoms with Crippen LogP contribution in [0.3, 0.4) is 0 Å². The maximum absolute atomic E-state index is 12.8. The Kier molecular flexibility index (Phi) is 5.52. The molecule has 0 spiro atoms. The van der Waals surface area contributed by atoms with Crippen molar-refractivity contribution in [1.29, 1.82) is 0 Å². The van der Waals surface area contributed by atoms with E-state index in [0.29, 0.717) is 27.8 Å². The summed E-state index contributed by atoms with van der Waals surface area (Å²) < 4.78 is 47.6. The summed E-state index contributed by atoms with van der Waals surface area (Å²) in [6.45, 7) is 0.385. The van der Waals surface area contributed by atoms with Gasteiger partial charge in [0.25, 0.3) is 5.56 Å². The molecule has 2 heterocycles. The van der Waals surface area contributed by atoms with Gasteiger partial charge in [-0.15, -0.1) is 13.2 Å². The Labute approximate surface area is 173 Å². The summed E-state index contributed by atoms with van der Waals surface area (Å²) >= 11 is 0. The van der Waals surface area contributed by atoms with Crippen LogP contribution in [0.15, 0.2) is 72.0 Å². The van der Waals surface area contributed by atoms with Crippen LogP contribution in [-0.2, 0) is 6.54 Å². The molecule has 0 aliphatic heterocycles. The number of alkyl halides is 3. The quantitative estimate of drug-likeness (QED) is 0.465. The Morgan fingerprint density at radius 1 is 0.968 bits per heavy atom. The first-order valence-corrected chi connectivity index (χ1v) is 9.14. The zero-order chi connectivity index (χ0) is 21.8. The van der Waals surface area contributed by atoms with Crippen molar-refractivity contribution in [3.63, 3.8) is 0 Å². The molecule has 158 valence electrons. The first kappa shape index (κ1) is 20.3. The van der Waals surface area contributed by atoms with Crippen LogP contribution >= 0.6 is 0 Å². The van der Waals surface area contributed by atoms with Crippen LogP contribution in [0.1, 0.15) is 0 Å². The van der Waals surface area contributed by atoms with Gasteiger partial charge in [0.1, 0.15) is 12.4 Å². The lowest BCUT2D eigenvalue weighted by molar-refractivity contribution is -0.274. The van der Waals surface area contributed by atoms with Crippen LogP contribution in [0.2, 0.25) is 0 Å². The number of fused-ring (bicyclic) bond motifs is 1. The van der Waals surface area contributed by atoms with Crippen LogP contribution < -0.4 is 15.0 Å². The minimum absolute atomic E-state index is 0.178. The van der Waals surface area contributed by atoms with Crippen molar-refractivity contribution in [2.24, 2.45) is 0 Å². The second kappa shape index (κ2) is 8.42. The van der Waals surface area contributed by atoms with E-state index in [1.54, 1.807) is 24.4 Å². The average Bonchev–Trinajstić information content (AvgIpc) is 2.75. The van der Waals surface area contributed by atoms with Gasteiger partial charge in [0.2, 0.25) is 5.88 Å². The molecule has 4 rings (SSSR count). The summed E-state index contributed by atoms with van der Waals surface area (Å²) in [5, 5.41) is 5.23. The second-order valence-corrected chi connectivity index (χ2v) is 6.44. The van der Waals surface area contributed by atoms with E-state index in [-0.39, 0.29) is 24.5 Å². The summed E-state index contributed by atoms with van der Waals surface area (Å²) in [5.74, 6) is 0.0308. The van der Waals surface area contributed by atoms with E-state index in [9.17, 15) is 18.0 Å². The van der Waals surface area contributed by atoms with Gasteiger partial charge >= 0.3 is 6.36 Å². The molecule has 0 fully saturated rings. The highest BCUT2D eigenvalue weighted by Crippen LogP contribution is 2.27. The van der Waals surface area contributed by atoms with E-state index in [1.807, 2.05) is 0 Å². The highest BCUT2D eigenvalue weighted by atomic mass is 19.4. The van der Waals surface area contributed by atoms with Crippen molar-refractivity contribution in [3.05, 3.63) is 77.6 Å². The van der Waals surface area contributed by atoms with Crippen LogP contribution in [0.4, 0.5) is 13.2 Å². The van der Waals surface area contributed by atoms with Crippen molar-refractivity contribution in [2.45, 2.75) is 12.9 Å². The monoisotopic (exact) mass is 428 g/mol. The third-order valence-electron chi connectivity index (χ3n) is 4.37. The van der Waals surface area contributed by atoms with E-state index >= 15 is 0 Å². The molecule has 0 amide bonds. The van der Waals surface area contributed by atoms with Gasteiger partial charge in [0.15, 0.2) is 0 Å². The standard InChI is InChI=1S/C21H15F3N4O3/c22-21(23,24)31-17-5-3-14(4-6-17)15-1-2-16-12-27-28(20(29)18(16)11-15)9-10-30-19-13-25-7-8-26-19/h1-8,11-13H,9-10H2. The molecule has 31 heavy (non-hydrogen) atoms. The molecule has 0 aliphatic rings. The van der Waals surface area contributed by atoms with Crippen LogP contribution in [-0.4, -0.2) is 32.7 Å². The van der Waals surface area contributed by atoms with Gasteiger partial charge in [-0.05, 0) is 29.3 Å². The summed E-state index contributed by atoms with van der Waals surface area (Å²) in [6, 6.07) is 10.6. The SMILES string of the molecule is O=c1c2cc(-c3ccc(OC(F)(F)F)cc3)ccc2cnn1CCOc1cnccn1. The fraction of sp³-hybridized carbons (Fsp3) is 0.143. The smallest absolute Gasteiger partial charge is 0.475 e. The molecule has 0 unspecified atom stereocenters. The van der Waals surface area contributed by atoms with Gasteiger partial charge in [0, 0.05) is 17.8 Å². The topological polar surface area (TPSA) is 79.1 Å². The Bertz CT molecular complexity index is 1240. The number of hydrogen-bond donors (Lipinski definition) is 0. The molecule has 0 bridgehead atoms. The maximum atomic E-state index is 12.8. The Morgan fingerprint density at radius 3 is 2.45 bits per heavy atom. The molecule has 7 nitrogen and oxygen atoms in total. The van der Waals surface area contributed by atoms with E-state index in [1.165, 1.54) is 47.5 Å². The van der Waals surface area contributed by atoms with Gasteiger partial charge in [-0.25, -0.2) is 9.67 Å². The van der Waals surface area contributed by atoms with Crippen molar-refractivity contribution in [1.82, 2.24) is 19.7 Å². The van der Waals surface area contributed by atoms with Crippen molar-refractivity contribution in [2.75, 3.05) is 6.61 Å². The van der Waals surface area contributed by atoms with Crippen molar-refractivity contribution < 1.29 is 22.6 Å². The number of nitrogens with zero attached hydrogens (tertiary/aromatic N) is 4. The summed E-state index contributed by atoms with van der Waals surface area (Å²) in [5.41, 5.74) is 1.01. The minimum atomic E-state index is -4.75. The highest BCUT2D eigenvalue weighted by Gasteiger charge is 2.30. The molecular weight excluding hydrogens is 413 g/mol. The van der Waals surface area contributed by atoms with Gasteiger partial charge in [-0.2, -0.15) is 5.10 Å². The summed E-state index contributed by atoms with van der Waals surface area (Å²) in [6.07, 6.45) is 1.31. The Morgan fingerprint density at radius 2 is 1.74 bits per heavy atom. The predicted molar refractivity (Wildman–Crippen MR) is 106 cm³/mol. The van der Waals surface area contributed by atoms with Crippen LogP contribution in [0.25, 0.3) is 21.9 Å². The van der Waals surface area contributed by atoms with Gasteiger partial charge < -0.3 is 9.47 Å². The molecule has 2 aromatic heterocycles. The molecule has 0 aliphatic carbocycles. The lowest BCUT2D eigenvalue weighted by atomic mass is 10.0. The highest BCUT2D eigenvalue weighted by molar-refractivity contribution is 5.86. The Hall–Kier alpha value is -3.95. The molecule has 0 saturated carbocycles. The lowest BCUT2D eigenvalue weighted by Gasteiger charge is -2.10. The molecule has 2 aromatic carbocycles. The Balaban J connectivity index is 1.55. The molecular formula is C21H15F3N4O3.